The van der Waals surface area contributed by atoms with E-state index < -0.39 is 22.0 Å². The van der Waals surface area contributed by atoms with Crippen LogP contribution in [0.3, 0.4) is 0 Å². The molecule has 4 atom stereocenters. The monoisotopic (exact) mass is 626 g/mol. The zero-order chi connectivity index (χ0) is 30.6. The number of unbranched alkanes of at least 4 members (excludes halogenated alkanes) is 1. The van der Waals surface area contributed by atoms with Gasteiger partial charge in [0.1, 0.15) is 5.75 Å². The zero-order valence-electron chi connectivity index (χ0n) is 24.9. The van der Waals surface area contributed by atoms with Crippen LogP contribution in [0, 0.1) is 11.8 Å². The van der Waals surface area contributed by atoms with Crippen LogP contribution >= 0.6 is 11.6 Å². The Morgan fingerprint density at radius 3 is 2.84 bits per heavy atom. The molecule has 1 amide bonds. The fraction of sp³-hybridized carbons (Fsp3) is 0.500. The van der Waals surface area contributed by atoms with Gasteiger partial charge in [-0.05, 0) is 98.2 Å². The van der Waals surface area contributed by atoms with Gasteiger partial charge in [0.05, 0.1) is 24.2 Å². The number of nitrogens with one attached hydrogen (secondary N) is 1. The molecule has 1 heterocycles. The minimum Gasteiger partial charge on any atom is -0.490 e. The molecule has 3 aliphatic rings. The number of nitrogens with zero attached hydrogens (tertiary/aromatic N) is 1. The van der Waals surface area contributed by atoms with Gasteiger partial charge in [-0.25, -0.2) is 13.1 Å². The zero-order valence-corrected chi connectivity index (χ0v) is 26.5. The van der Waals surface area contributed by atoms with Crippen LogP contribution in [-0.4, -0.2) is 51.0 Å². The SMILES string of the molecule is C=CCCS(=O)(=O)NC(=O)c1ccc2c(c1)N(C[C@@H]1CC[C@H]1[C@H](O)/C=C/CCC)C[C@@]1(CCCc3cc(Cl)ccc31)CO2. The normalized spacial score (nSPS) is 23.9. The van der Waals surface area contributed by atoms with Crippen LogP contribution < -0.4 is 14.4 Å². The van der Waals surface area contributed by atoms with Crippen LogP contribution in [0.25, 0.3) is 0 Å². The first-order valence-corrected chi connectivity index (χ1v) is 17.5. The number of benzene rings is 2. The van der Waals surface area contributed by atoms with Crippen LogP contribution in [0.2, 0.25) is 5.02 Å². The van der Waals surface area contributed by atoms with Crippen LogP contribution in [0.4, 0.5) is 5.69 Å². The molecule has 1 fully saturated rings. The first kappa shape index (κ1) is 31.6. The number of anilines is 1. The van der Waals surface area contributed by atoms with E-state index in [-0.39, 0.29) is 35.0 Å². The first-order chi connectivity index (χ1) is 20.6. The van der Waals surface area contributed by atoms with Crippen molar-refractivity contribution in [2.24, 2.45) is 11.8 Å². The topological polar surface area (TPSA) is 95.9 Å². The number of halogens is 1. The molecule has 2 aromatic carbocycles. The van der Waals surface area contributed by atoms with Gasteiger partial charge in [0.2, 0.25) is 10.0 Å². The molecule has 2 aliphatic carbocycles. The quantitative estimate of drug-likeness (QED) is 0.289. The summed E-state index contributed by atoms with van der Waals surface area (Å²) >= 11 is 6.39. The Morgan fingerprint density at radius 2 is 2.09 bits per heavy atom. The van der Waals surface area contributed by atoms with Gasteiger partial charge in [0.15, 0.2) is 0 Å². The van der Waals surface area contributed by atoms with E-state index in [0.29, 0.717) is 25.4 Å². The number of ether oxygens (including phenoxy) is 1. The lowest BCUT2D eigenvalue weighted by Crippen LogP contribution is -2.49. The van der Waals surface area contributed by atoms with Crippen LogP contribution in [0.15, 0.2) is 61.2 Å². The maximum atomic E-state index is 13.1. The molecule has 0 bridgehead atoms. The van der Waals surface area contributed by atoms with Crippen molar-refractivity contribution in [3.05, 3.63) is 82.9 Å². The summed E-state index contributed by atoms with van der Waals surface area (Å²) in [6, 6.07) is 11.3. The van der Waals surface area contributed by atoms with Gasteiger partial charge >= 0.3 is 0 Å². The van der Waals surface area contributed by atoms with E-state index in [2.05, 4.69) is 41.3 Å². The number of fused-ring (bicyclic) bond motifs is 3. The molecule has 0 saturated heterocycles. The molecule has 7 nitrogen and oxygen atoms in total. The highest BCUT2D eigenvalue weighted by Gasteiger charge is 2.44. The maximum absolute atomic E-state index is 13.1. The summed E-state index contributed by atoms with van der Waals surface area (Å²) < 4.78 is 33.6. The van der Waals surface area contributed by atoms with Gasteiger partial charge in [-0.15, -0.1) is 6.58 Å². The Balaban J connectivity index is 1.48. The molecule has 0 radical (unpaired) electrons. The molecular formula is C34H43ClN2O5S. The highest BCUT2D eigenvalue weighted by Crippen LogP contribution is 2.46. The van der Waals surface area contributed by atoms with Crippen molar-refractivity contribution < 1.29 is 23.1 Å². The van der Waals surface area contributed by atoms with E-state index in [1.54, 1.807) is 18.2 Å². The van der Waals surface area contributed by atoms with Gasteiger partial charge in [-0.3, -0.25) is 4.79 Å². The molecule has 2 N–H and O–H groups in total. The summed E-state index contributed by atoms with van der Waals surface area (Å²) in [4.78, 5) is 15.4. The summed E-state index contributed by atoms with van der Waals surface area (Å²) in [6.07, 6.45) is 12.2. The molecular weight excluding hydrogens is 584 g/mol. The predicted octanol–water partition coefficient (Wildman–Crippen LogP) is 6.19. The molecule has 43 heavy (non-hydrogen) atoms. The largest absolute Gasteiger partial charge is 0.490 e. The fourth-order valence-corrected chi connectivity index (χ4v) is 8.02. The number of aryl methyl sites for hydroxylation is 1. The Kier molecular flexibility index (Phi) is 9.89. The van der Waals surface area contributed by atoms with E-state index in [4.69, 9.17) is 16.3 Å². The highest BCUT2D eigenvalue weighted by molar-refractivity contribution is 7.90. The van der Waals surface area contributed by atoms with Crippen LogP contribution in [-0.2, 0) is 21.9 Å². The predicted molar refractivity (Wildman–Crippen MR) is 173 cm³/mol. The number of aliphatic hydroxyl groups excluding tert-OH is 1. The highest BCUT2D eigenvalue weighted by atomic mass is 35.5. The number of amides is 1. The number of sulfonamides is 1. The average molecular weight is 627 g/mol. The number of hydrogen-bond acceptors (Lipinski definition) is 6. The summed E-state index contributed by atoms with van der Waals surface area (Å²) in [5.74, 6) is 0.238. The van der Waals surface area contributed by atoms with Gasteiger partial charge in [-0.1, -0.05) is 49.2 Å². The third kappa shape index (κ3) is 7.13. The van der Waals surface area contributed by atoms with Crippen molar-refractivity contribution in [3.8, 4) is 5.75 Å². The minimum atomic E-state index is -3.79. The van der Waals surface area contributed by atoms with E-state index >= 15 is 0 Å². The standard InChI is InChI=1S/C34H43ClN2O5S/c1-3-5-7-10-31(38)28-14-11-26(28)21-37-22-34(17-8-9-24-19-27(35)13-15-29(24)34)23-42-32-16-12-25(20-30(32)37)33(39)36-43(40,41)18-6-4-2/h4,7,10,12-13,15-16,19-20,26,28,31,38H,2-3,5-6,8-9,11,14,17-18,21-23H2,1H3,(H,36,39)/b10-7+/t26-,28+,31+,34-/m0/s1. The number of rotatable bonds is 11. The van der Waals surface area contributed by atoms with Gasteiger partial charge < -0.3 is 14.7 Å². The Bertz CT molecular complexity index is 1480. The number of carbonyl (C=O) groups is 1. The smallest absolute Gasteiger partial charge is 0.264 e. The van der Waals surface area contributed by atoms with Crippen molar-refractivity contribution in [1.82, 2.24) is 4.72 Å². The number of aliphatic hydroxyl groups is 1. The Labute approximate surface area is 261 Å². The molecule has 1 aliphatic heterocycles. The van der Waals surface area contributed by atoms with E-state index in [9.17, 15) is 18.3 Å². The van der Waals surface area contributed by atoms with E-state index in [1.807, 2.05) is 12.1 Å². The second-order valence-electron chi connectivity index (χ2n) is 12.3. The third-order valence-electron chi connectivity index (χ3n) is 9.30. The van der Waals surface area contributed by atoms with Gasteiger partial charge in [-0.2, -0.15) is 0 Å². The minimum absolute atomic E-state index is 0.163. The van der Waals surface area contributed by atoms with E-state index in [1.165, 1.54) is 17.2 Å². The first-order valence-electron chi connectivity index (χ1n) is 15.5. The molecule has 5 rings (SSSR count). The van der Waals surface area contributed by atoms with E-state index in [0.717, 1.165) is 55.7 Å². The van der Waals surface area contributed by atoms with Crippen molar-refractivity contribution in [3.63, 3.8) is 0 Å². The number of carbonyl (C=O) groups excluding carboxylic acids is 1. The van der Waals surface area contributed by atoms with Crippen LogP contribution in [0.5, 0.6) is 5.75 Å². The lowest BCUT2D eigenvalue weighted by atomic mass is 9.68. The summed E-state index contributed by atoms with van der Waals surface area (Å²) in [6.45, 7) is 7.57. The average Bonchev–Trinajstić information content (AvgIpc) is 3.11. The lowest BCUT2D eigenvalue weighted by molar-refractivity contribution is 0.0456. The fourth-order valence-electron chi connectivity index (χ4n) is 6.84. The molecule has 1 saturated carbocycles. The lowest BCUT2D eigenvalue weighted by Gasteiger charge is -2.45. The maximum Gasteiger partial charge on any atom is 0.264 e. The molecule has 0 aromatic heterocycles. The van der Waals surface area contributed by atoms with Gasteiger partial charge in [0.25, 0.3) is 5.91 Å². The Morgan fingerprint density at radius 1 is 1.26 bits per heavy atom. The second kappa shape index (κ2) is 13.4. The molecule has 0 unspecified atom stereocenters. The molecule has 232 valence electrons. The third-order valence-corrected chi connectivity index (χ3v) is 10.8. The van der Waals surface area contributed by atoms with Crippen molar-refractivity contribution in [1.29, 1.82) is 0 Å². The molecule has 2 aromatic rings. The summed E-state index contributed by atoms with van der Waals surface area (Å²) in [7, 11) is -3.79. The van der Waals surface area contributed by atoms with Crippen molar-refractivity contribution in [2.45, 2.75) is 69.8 Å². The molecule has 9 heteroatoms. The number of allylic oxidation sites excluding steroid dienone is 2. The molecule has 1 spiro atoms. The van der Waals surface area contributed by atoms with Gasteiger partial charge in [0, 0.05) is 29.1 Å². The number of hydrogen-bond donors (Lipinski definition) is 2. The van der Waals surface area contributed by atoms with Crippen molar-refractivity contribution in [2.75, 3.05) is 30.3 Å². The summed E-state index contributed by atoms with van der Waals surface area (Å²) in [5, 5.41) is 11.7. The van der Waals surface area contributed by atoms with Crippen molar-refractivity contribution >= 4 is 33.2 Å². The second-order valence-corrected chi connectivity index (χ2v) is 14.6. The Hall–Kier alpha value is -2.81. The summed E-state index contributed by atoms with van der Waals surface area (Å²) in [5.41, 5.74) is 3.26. The van der Waals surface area contributed by atoms with Crippen LogP contribution in [0.1, 0.15) is 73.4 Å².